The molecule has 1 saturated heterocycles. The Morgan fingerprint density at radius 2 is 2.08 bits per heavy atom. The molecule has 0 saturated carbocycles. The molecule has 3 rings (SSSR count). The number of hydrogen-bond donors (Lipinski definition) is 0. The zero-order valence-corrected chi connectivity index (χ0v) is 16.2. The summed E-state index contributed by atoms with van der Waals surface area (Å²) in [7, 11) is 0. The lowest BCUT2D eigenvalue weighted by Crippen LogP contribution is -2.35. The number of benzene rings is 1. The van der Waals surface area contributed by atoms with Crippen molar-refractivity contribution in [2.75, 3.05) is 6.54 Å². The van der Waals surface area contributed by atoms with Crippen LogP contribution in [0.5, 0.6) is 0 Å². The molecule has 6 heteroatoms. The van der Waals surface area contributed by atoms with E-state index in [-0.39, 0.29) is 17.9 Å². The van der Waals surface area contributed by atoms with Gasteiger partial charge >= 0.3 is 0 Å². The van der Waals surface area contributed by atoms with Crippen LogP contribution < -0.4 is 0 Å². The molecule has 2 aromatic rings. The van der Waals surface area contributed by atoms with Crippen LogP contribution in [-0.4, -0.2) is 27.5 Å². The van der Waals surface area contributed by atoms with Crippen LogP contribution in [0.15, 0.2) is 28.7 Å². The minimum atomic E-state index is -0.105. The zero-order chi connectivity index (χ0) is 18.5. The summed E-state index contributed by atoms with van der Waals surface area (Å²) < 4.78 is 5.91. The van der Waals surface area contributed by atoms with Crippen LogP contribution >= 0.6 is 11.6 Å². The van der Waals surface area contributed by atoms with Gasteiger partial charge in [-0.05, 0) is 49.9 Å². The van der Waals surface area contributed by atoms with E-state index < -0.39 is 0 Å². The van der Waals surface area contributed by atoms with Crippen LogP contribution in [0.1, 0.15) is 64.3 Å². The van der Waals surface area contributed by atoms with Gasteiger partial charge in [-0.15, -0.1) is 10.2 Å². The van der Waals surface area contributed by atoms with Crippen LogP contribution in [0.3, 0.4) is 0 Å². The largest absolute Gasteiger partial charge is 0.418 e. The van der Waals surface area contributed by atoms with Crippen molar-refractivity contribution in [3.05, 3.63) is 35.2 Å². The van der Waals surface area contributed by atoms with Crippen molar-refractivity contribution in [1.29, 1.82) is 0 Å². The molecule has 1 aliphatic heterocycles. The van der Waals surface area contributed by atoms with E-state index in [1.807, 2.05) is 17.0 Å². The third-order valence-electron chi connectivity index (χ3n) is 5.10. The van der Waals surface area contributed by atoms with Gasteiger partial charge < -0.3 is 9.32 Å². The number of rotatable bonds is 7. The zero-order valence-electron chi connectivity index (χ0n) is 15.4. The highest BCUT2D eigenvalue weighted by Crippen LogP contribution is 2.34. The van der Waals surface area contributed by atoms with Gasteiger partial charge in [-0.25, -0.2) is 0 Å². The Labute approximate surface area is 159 Å². The molecule has 140 valence electrons. The van der Waals surface area contributed by atoms with Gasteiger partial charge in [0.15, 0.2) is 0 Å². The molecular formula is C20H26ClN3O2. The van der Waals surface area contributed by atoms with E-state index in [9.17, 15) is 4.79 Å². The van der Waals surface area contributed by atoms with Crippen LogP contribution in [0.4, 0.5) is 0 Å². The maximum absolute atomic E-state index is 13.0. The van der Waals surface area contributed by atoms with Gasteiger partial charge in [-0.1, -0.05) is 38.3 Å². The van der Waals surface area contributed by atoms with Gasteiger partial charge in [-0.2, -0.15) is 0 Å². The van der Waals surface area contributed by atoms with Crippen LogP contribution in [-0.2, 0) is 4.79 Å². The molecule has 0 spiro atoms. The molecule has 1 amide bonds. The lowest BCUT2D eigenvalue weighted by Gasteiger charge is -2.26. The second-order valence-corrected chi connectivity index (χ2v) is 7.33. The number of aromatic nitrogens is 2. The van der Waals surface area contributed by atoms with Gasteiger partial charge in [-0.3, -0.25) is 4.79 Å². The summed E-state index contributed by atoms with van der Waals surface area (Å²) in [4.78, 5) is 14.9. The topological polar surface area (TPSA) is 59.2 Å². The van der Waals surface area contributed by atoms with E-state index in [4.69, 9.17) is 16.0 Å². The second-order valence-electron chi connectivity index (χ2n) is 6.89. The Hall–Kier alpha value is -1.88. The molecule has 5 nitrogen and oxygen atoms in total. The molecule has 1 fully saturated rings. The smallest absolute Gasteiger partial charge is 0.247 e. The van der Waals surface area contributed by atoms with Gasteiger partial charge in [0, 0.05) is 23.0 Å². The number of halogens is 1. The number of hydrogen-bond acceptors (Lipinski definition) is 4. The first-order valence-corrected chi connectivity index (χ1v) is 9.91. The van der Waals surface area contributed by atoms with Crippen molar-refractivity contribution in [3.63, 3.8) is 0 Å². The fourth-order valence-electron chi connectivity index (χ4n) is 3.55. The van der Waals surface area contributed by atoms with E-state index >= 15 is 0 Å². The Bertz CT molecular complexity index is 729. The summed E-state index contributed by atoms with van der Waals surface area (Å²) >= 11 is 5.93. The predicted octanol–water partition coefficient (Wildman–Crippen LogP) is 5.27. The second kappa shape index (κ2) is 8.67. The van der Waals surface area contributed by atoms with Crippen LogP contribution in [0, 0.1) is 5.92 Å². The number of likely N-dealkylation sites (tertiary alicyclic amines) is 1. The van der Waals surface area contributed by atoms with Crippen molar-refractivity contribution in [2.45, 2.75) is 58.4 Å². The van der Waals surface area contributed by atoms with Crippen molar-refractivity contribution >= 4 is 17.5 Å². The molecule has 0 radical (unpaired) electrons. The maximum atomic E-state index is 13.0. The van der Waals surface area contributed by atoms with E-state index in [1.165, 1.54) is 0 Å². The summed E-state index contributed by atoms with van der Waals surface area (Å²) in [5.74, 6) is 1.32. The average Bonchev–Trinajstić information content (AvgIpc) is 3.32. The first kappa shape index (κ1) is 18.9. The molecular weight excluding hydrogens is 350 g/mol. The number of unbranched alkanes of at least 4 members (excludes halogenated alkanes) is 1. The highest BCUT2D eigenvalue weighted by atomic mass is 35.5. The molecule has 2 atom stereocenters. The monoisotopic (exact) mass is 375 g/mol. The van der Waals surface area contributed by atoms with E-state index in [2.05, 4.69) is 24.0 Å². The van der Waals surface area contributed by atoms with Gasteiger partial charge in [0.05, 0.1) is 0 Å². The minimum absolute atomic E-state index is 0.0919. The molecule has 0 N–H and O–H groups in total. The van der Waals surface area contributed by atoms with E-state index in [1.54, 1.807) is 12.1 Å². The normalized spacial score (nSPS) is 18.3. The highest BCUT2D eigenvalue weighted by Gasteiger charge is 2.36. The van der Waals surface area contributed by atoms with Crippen molar-refractivity contribution in [1.82, 2.24) is 15.1 Å². The van der Waals surface area contributed by atoms with Crippen LogP contribution in [0.2, 0.25) is 5.02 Å². The Kier molecular flexibility index (Phi) is 6.30. The lowest BCUT2D eigenvalue weighted by atomic mass is 9.97. The average molecular weight is 376 g/mol. The molecule has 1 aliphatic rings. The fraction of sp³-hybridized carbons (Fsp3) is 0.550. The minimum Gasteiger partial charge on any atom is -0.418 e. The fourth-order valence-corrected chi connectivity index (χ4v) is 3.68. The molecule has 2 heterocycles. The first-order valence-electron chi connectivity index (χ1n) is 9.53. The molecule has 26 heavy (non-hydrogen) atoms. The molecule has 0 aliphatic carbocycles. The lowest BCUT2D eigenvalue weighted by molar-refractivity contribution is -0.137. The SMILES string of the molecule is CCCCC(CC)C(=O)N1CCCC1c1nnc(-c2ccc(Cl)cc2)o1. The molecule has 1 aromatic carbocycles. The number of amides is 1. The predicted molar refractivity (Wildman–Crippen MR) is 102 cm³/mol. The quantitative estimate of drug-likeness (QED) is 0.661. The number of nitrogens with zero attached hydrogens (tertiary/aromatic N) is 3. The number of carbonyl (C=O) groups is 1. The standard InChI is InChI=1S/C20H26ClN3O2/c1-3-5-7-14(4-2)20(25)24-13-6-8-17(24)19-23-22-18(26-19)15-9-11-16(21)12-10-15/h9-12,14,17H,3-8,13H2,1-2H3. The molecule has 2 unspecified atom stereocenters. The summed E-state index contributed by atoms with van der Waals surface area (Å²) in [5, 5.41) is 9.07. The molecule has 0 bridgehead atoms. The van der Waals surface area contributed by atoms with Gasteiger partial charge in [0.2, 0.25) is 17.7 Å². The highest BCUT2D eigenvalue weighted by molar-refractivity contribution is 6.30. The summed E-state index contributed by atoms with van der Waals surface area (Å²) in [6.45, 7) is 5.02. The molecule has 1 aromatic heterocycles. The Morgan fingerprint density at radius 1 is 1.31 bits per heavy atom. The summed E-state index contributed by atoms with van der Waals surface area (Å²) in [6.07, 6.45) is 5.87. The third-order valence-corrected chi connectivity index (χ3v) is 5.35. The van der Waals surface area contributed by atoms with Crippen molar-refractivity contribution in [2.24, 2.45) is 5.92 Å². The van der Waals surface area contributed by atoms with Crippen molar-refractivity contribution < 1.29 is 9.21 Å². The summed E-state index contributed by atoms with van der Waals surface area (Å²) in [5.41, 5.74) is 0.832. The Balaban J connectivity index is 1.76. The summed E-state index contributed by atoms with van der Waals surface area (Å²) in [6, 6.07) is 7.20. The van der Waals surface area contributed by atoms with Crippen molar-refractivity contribution in [3.8, 4) is 11.5 Å². The van der Waals surface area contributed by atoms with Crippen LogP contribution in [0.25, 0.3) is 11.5 Å². The number of carbonyl (C=O) groups excluding carboxylic acids is 1. The third kappa shape index (κ3) is 4.09. The Morgan fingerprint density at radius 3 is 2.77 bits per heavy atom. The van der Waals surface area contributed by atoms with E-state index in [0.717, 1.165) is 50.6 Å². The maximum Gasteiger partial charge on any atom is 0.247 e. The van der Waals surface area contributed by atoms with Gasteiger partial charge in [0.1, 0.15) is 6.04 Å². The van der Waals surface area contributed by atoms with Gasteiger partial charge in [0.25, 0.3) is 0 Å². The first-order chi connectivity index (χ1) is 12.6. The van der Waals surface area contributed by atoms with E-state index in [0.29, 0.717) is 16.8 Å².